The normalized spacial score (nSPS) is 34.1. The molecule has 1 unspecified atom stereocenters. The van der Waals surface area contributed by atoms with Crippen molar-refractivity contribution in [1.82, 2.24) is 0 Å². The number of rotatable bonds is 1. The van der Waals surface area contributed by atoms with Crippen molar-refractivity contribution in [2.45, 2.75) is 44.8 Å². The van der Waals surface area contributed by atoms with E-state index in [0.29, 0.717) is 5.92 Å². The summed E-state index contributed by atoms with van der Waals surface area (Å²) in [5.41, 5.74) is 0. The Kier molecular flexibility index (Phi) is 3.69. The van der Waals surface area contributed by atoms with Gasteiger partial charge in [0.1, 0.15) is 0 Å². The molecule has 2 heterocycles. The summed E-state index contributed by atoms with van der Waals surface area (Å²) in [6.07, 6.45) is 13.9. The Hall–Kier alpha value is -0.763. The fraction of sp³-hybridized carbons (Fsp3) is 0.571. The SMILES string of the molecule is C/C=C/C1=C/C(C)/C=C\C[Si]2(CCCC2)O1. The van der Waals surface area contributed by atoms with Crippen LogP contribution in [0.4, 0.5) is 0 Å². The Morgan fingerprint density at radius 2 is 2.12 bits per heavy atom. The summed E-state index contributed by atoms with van der Waals surface area (Å²) in [5, 5.41) is 0. The Morgan fingerprint density at radius 3 is 2.81 bits per heavy atom. The molecule has 2 rings (SSSR count). The van der Waals surface area contributed by atoms with Gasteiger partial charge >= 0.3 is 0 Å². The highest BCUT2D eigenvalue weighted by molar-refractivity contribution is 6.75. The molecule has 0 bridgehead atoms. The van der Waals surface area contributed by atoms with Gasteiger partial charge in [0, 0.05) is 0 Å². The summed E-state index contributed by atoms with van der Waals surface area (Å²) in [7, 11) is -1.44. The molecule has 0 aromatic rings. The first kappa shape index (κ1) is 11.7. The molecule has 0 aromatic heterocycles. The van der Waals surface area contributed by atoms with Crippen molar-refractivity contribution >= 4 is 8.32 Å². The molecule has 16 heavy (non-hydrogen) atoms. The van der Waals surface area contributed by atoms with Crippen LogP contribution in [-0.4, -0.2) is 8.32 Å². The first-order valence-corrected chi connectivity index (χ1v) is 8.97. The van der Waals surface area contributed by atoms with Crippen LogP contribution in [-0.2, 0) is 4.43 Å². The maximum absolute atomic E-state index is 6.41. The van der Waals surface area contributed by atoms with Crippen LogP contribution in [0.1, 0.15) is 26.7 Å². The molecule has 1 atom stereocenters. The van der Waals surface area contributed by atoms with Gasteiger partial charge in [0.2, 0.25) is 0 Å². The third kappa shape index (κ3) is 2.67. The summed E-state index contributed by atoms with van der Waals surface area (Å²) in [6, 6.07) is 3.91. The second-order valence-corrected chi connectivity index (χ2v) is 9.03. The highest BCUT2D eigenvalue weighted by atomic mass is 28.4. The molecule has 0 aliphatic carbocycles. The molecule has 2 heteroatoms. The van der Waals surface area contributed by atoms with Crippen molar-refractivity contribution in [3.63, 3.8) is 0 Å². The van der Waals surface area contributed by atoms with Crippen molar-refractivity contribution in [2.75, 3.05) is 0 Å². The molecule has 2 aliphatic heterocycles. The van der Waals surface area contributed by atoms with Gasteiger partial charge in [-0.1, -0.05) is 38.0 Å². The van der Waals surface area contributed by atoms with E-state index in [1.807, 2.05) is 0 Å². The first-order valence-electron chi connectivity index (χ1n) is 6.44. The van der Waals surface area contributed by atoms with Crippen molar-refractivity contribution < 1.29 is 4.43 Å². The average Bonchev–Trinajstić information content (AvgIpc) is 2.65. The van der Waals surface area contributed by atoms with Gasteiger partial charge in [-0.05, 0) is 43.1 Å². The smallest absolute Gasteiger partial charge is 0.254 e. The lowest BCUT2D eigenvalue weighted by molar-refractivity contribution is 0.423. The summed E-state index contributed by atoms with van der Waals surface area (Å²) in [4.78, 5) is 0. The lowest BCUT2D eigenvalue weighted by Gasteiger charge is -2.29. The van der Waals surface area contributed by atoms with Gasteiger partial charge in [0.15, 0.2) is 0 Å². The Bertz CT molecular complexity index is 322. The fourth-order valence-corrected chi connectivity index (χ4v) is 6.65. The lowest BCUT2D eigenvalue weighted by atomic mass is 10.1. The maximum atomic E-state index is 6.41. The average molecular weight is 234 g/mol. The van der Waals surface area contributed by atoms with Crippen molar-refractivity contribution in [3.05, 3.63) is 36.1 Å². The van der Waals surface area contributed by atoms with Crippen molar-refractivity contribution in [1.29, 1.82) is 0 Å². The maximum Gasteiger partial charge on any atom is 0.254 e. The zero-order valence-corrected chi connectivity index (χ0v) is 11.4. The largest absolute Gasteiger partial charge is 0.543 e. The van der Waals surface area contributed by atoms with E-state index in [4.69, 9.17) is 4.43 Å². The van der Waals surface area contributed by atoms with Gasteiger partial charge in [0.05, 0.1) is 5.76 Å². The monoisotopic (exact) mass is 234 g/mol. The van der Waals surface area contributed by atoms with Gasteiger partial charge in [-0.25, -0.2) is 0 Å². The van der Waals surface area contributed by atoms with Gasteiger partial charge in [-0.15, -0.1) is 0 Å². The van der Waals surface area contributed by atoms with Crippen molar-refractivity contribution in [2.24, 2.45) is 5.92 Å². The highest BCUT2D eigenvalue weighted by Gasteiger charge is 2.39. The summed E-state index contributed by atoms with van der Waals surface area (Å²) in [6.45, 7) is 4.28. The molecule has 0 saturated carbocycles. The zero-order chi connectivity index (χ0) is 11.4. The zero-order valence-electron chi connectivity index (χ0n) is 10.4. The third-order valence-electron chi connectivity index (χ3n) is 3.54. The van der Waals surface area contributed by atoms with Crippen LogP contribution in [0, 0.1) is 5.92 Å². The lowest BCUT2D eigenvalue weighted by Crippen LogP contribution is -2.34. The van der Waals surface area contributed by atoms with Gasteiger partial charge in [-0.3, -0.25) is 0 Å². The van der Waals surface area contributed by atoms with Crippen LogP contribution >= 0.6 is 0 Å². The van der Waals surface area contributed by atoms with E-state index >= 15 is 0 Å². The van der Waals surface area contributed by atoms with E-state index < -0.39 is 8.32 Å². The molecule has 0 amide bonds. The molecular weight excluding hydrogens is 212 g/mol. The van der Waals surface area contributed by atoms with Crippen LogP contribution in [0.3, 0.4) is 0 Å². The third-order valence-corrected chi connectivity index (χ3v) is 7.71. The first-order chi connectivity index (χ1) is 7.74. The topological polar surface area (TPSA) is 9.23 Å². The second kappa shape index (κ2) is 5.04. The van der Waals surface area contributed by atoms with Gasteiger partial charge in [-0.2, -0.15) is 0 Å². The number of hydrogen-bond donors (Lipinski definition) is 0. The standard InChI is InChI=1S/C14H22OSi/c1-3-7-14-12-13(2)8-6-11-16(15-14)9-4-5-10-16/h3,6-8,12-13H,4-5,9-11H2,1-2H3/b7-3+,8-6-,14-12-. The van der Waals surface area contributed by atoms with Crippen molar-refractivity contribution in [3.8, 4) is 0 Å². The summed E-state index contributed by atoms with van der Waals surface area (Å²) < 4.78 is 6.41. The number of allylic oxidation sites excluding steroid dienone is 5. The van der Waals surface area contributed by atoms with Gasteiger partial charge < -0.3 is 4.43 Å². The van der Waals surface area contributed by atoms with Crippen LogP contribution in [0.2, 0.25) is 18.1 Å². The molecule has 0 N–H and O–H groups in total. The summed E-state index contributed by atoms with van der Waals surface area (Å²) >= 11 is 0. The molecule has 2 aliphatic rings. The van der Waals surface area contributed by atoms with E-state index in [2.05, 4.69) is 44.2 Å². The van der Waals surface area contributed by atoms with Crippen LogP contribution in [0.5, 0.6) is 0 Å². The Balaban J connectivity index is 2.21. The minimum Gasteiger partial charge on any atom is -0.543 e. The van der Waals surface area contributed by atoms with Crippen LogP contribution in [0.15, 0.2) is 36.1 Å². The van der Waals surface area contributed by atoms with Gasteiger partial charge in [0.25, 0.3) is 8.32 Å². The minimum atomic E-state index is -1.44. The van der Waals surface area contributed by atoms with E-state index in [-0.39, 0.29) is 0 Å². The molecule has 1 nitrogen and oxygen atoms in total. The Morgan fingerprint density at radius 1 is 1.38 bits per heavy atom. The molecule has 1 spiro atoms. The molecule has 0 radical (unpaired) electrons. The molecule has 1 saturated heterocycles. The second-order valence-electron chi connectivity index (χ2n) is 5.05. The fourth-order valence-electron chi connectivity index (χ4n) is 2.72. The van der Waals surface area contributed by atoms with E-state index in [9.17, 15) is 0 Å². The van der Waals surface area contributed by atoms with Crippen LogP contribution in [0.25, 0.3) is 0 Å². The molecule has 88 valence electrons. The van der Waals surface area contributed by atoms with E-state index in [1.54, 1.807) is 0 Å². The Labute approximate surface area is 100 Å². The van der Waals surface area contributed by atoms with E-state index in [0.717, 1.165) is 5.76 Å². The summed E-state index contributed by atoms with van der Waals surface area (Å²) in [5.74, 6) is 1.62. The quantitative estimate of drug-likeness (QED) is 0.482. The molecule has 0 aromatic carbocycles. The van der Waals surface area contributed by atoms with Crippen LogP contribution < -0.4 is 0 Å². The molecular formula is C14H22OSi. The molecule has 1 fully saturated rings. The highest BCUT2D eigenvalue weighted by Crippen LogP contribution is 2.37. The number of hydrogen-bond acceptors (Lipinski definition) is 1. The minimum absolute atomic E-state index is 0.499. The van der Waals surface area contributed by atoms with E-state index in [1.165, 1.54) is 31.0 Å². The predicted molar refractivity (Wildman–Crippen MR) is 71.7 cm³/mol. The predicted octanol–water partition coefficient (Wildman–Crippen LogP) is 4.41.